The zero-order valence-electron chi connectivity index (χ0n) is 19.3. The van der Waals surface area contributed by atoms with Gasteiger partial charge in [-0.25, -0.2) is 4.79 Å². The number of carboxylic acid groups (broad SMARTS) is 1. The lowest BCUT2D eigenvalue weighted by molar-refractivity contribution is -0.127. The molecule has 32 heavy (non-hydrogen) atoms. The number of ether oxygens (including phenoxy) is 1. The molecule has 0 saturated heterocycles. The largest absolute Gasteiger partial charge is 0.465 e. The molecule has 7 heteroatoms. The second-order valence-electron chi connectivity index (χ2n) is 8.66. The van der Waals surface area contributed by atoms with E-state index in [0.717, 1.165) is 44.4 Å². The third-order valence-corrected chi connectivity index (χ3v) is 5.73. The number of aromatic nitrogens is 1. The zero-order valence-corrected chi connectivity index (χ0v) is 19.3. The number of hydrogen-bond donors (Lipinski definition) is 4. The van der Waals surface area contributed by atoms with Gasteiger partial charge < -0.3 is 25.5 Å². The van der Waals surface area contributed by atoms with Crippen LogP contribution in [0, 0.1) is 13.8 Å². The number of carbonyl (C=O) groups is 2. The van der Waals surface area contributed by atoms with E-state index >= 15 is 0 Å². The number of rotatable bonds is 8. The Balaban J connectivity index is 2.11. The highest BCUT2D eigenvalue weighted by Crippen LogP contribution is 2.35. The molecule has 1 heterocycles. The van der Waals surface area contributed by atoms with Gasteiger partial charge in [0.05, 0.1) is 5.41 Å². The van der Waals surface area contributed by atoms with Gasteiger partial charge in [0.1, 0.15) is 6.73 Å². The first-order valence-electron chi connectivity index (χ1n) is 10.6. The smallest absolute Gasteiger partial charge is 0.404 e. The minimum atomic E-state index is -1.05. The SMILES string of the molecule is COCNC(=O)C(C)(C)c1ccc2[nH]c(-c3cc(C)cc(C)c3)c(CCNC(=O)O)c2c1. The fraction of sp³-hybridized carbons (Fsp3) is 0.360. The van der Waals surface area contributed by atoms with Crippen molar-refractivity contribution in [1.82, 2.24) is 15.6 Å². The van der Waals surface area contributed by atoms with E-state index in [1.807, 2.05) is 32.0 Å². The fourth-order valence-electron chi connectivity index (χ4n) is 4.05. The van der Waals surface area contributed by atoms with Gasteiger partial charge in [0.15, 0.2) is 0 Å². The van der Waals surface area contributed by atoms with Crippen LogP contribution >= 0.6 is 0 Å². The normalized spacial score (nSPS) is 11.5. The van der Waals surface area contributed by atoms with Gasteiger partial charge in [-0.2, -0.15) is 0 Å². The molecule has 3 rings (SSSR count). The van der Waals surface area contributed by atoms with Crippen LogP contribution in [0.15, 0.2) is 36.4 Å². The summed E-state index contributed by atoms with van der Waals surface area (Å²) in [6.45, 7) is 8.32. The van der Waals surface area contributed by atoms with Gasteiger partial charge in [-0.1, -0.05) is 23.3 Å². The third-order valence-electron chi connectivity index (χ3n) is 5.73. The number of fused-ring (bicyclic) bond motifs is 1. The van der Waals surface area contributed by atoms with Crippen LogP contribution < -0.4 is 10.6 Å². The molecule has 0 fully saturated rings. The molecule has 0 aliphatic carbocycles. The summed E-state index contributed by atoms with van der Waals surface area (Å²) >= 11 is 0. The zero-order chi connectivity index (χ0) is 23.5. The van der Waals surface area contributed by atoms with E-state index in [1.165, 1.54) is 7.11 Å². The number of benzene rings is 2. The standard InChI is InChI=1S/C25H31N3O4/c1-15-10-16(2)12-17(11-15)22-19(8-9-26-24(30)31)20-13-18(6-7-21(20)28-22)25(3,4)23(29)27-14-32-5/h6-7,10-13,26,28H,8-9,14H2,1-5H3,(H,27,29)(H,30,31). The average Bonchev–Trinajstić information content (AvgIpc) is 3.09. The Morgan fingerprint density at radius 3 is 2.38 bits per heavy atom. The first-order chi connectivity index (χ1) is 15.1. The Kier molecular flexibility index (Phi) is 6.89. The van der Waals surface area contributed by atoms with Crippen molar-refractivity contribution in [1.29, 1.82) is 0 Å². The summed E-state index contributed by atoms with van der Waals surface area (Å²) in [7, 11) is 1.53. The number of hydrogen-bond acceptors (Lipinski definition) is 3. The van der Waals surface area contributed by atoms with Crippen LogP contribution in [0.3, 0.4) is 0 Å². The van der Waals surface area contributed by atoms with Crippen molar-refractivity contribution in [2.45, 2.75) is 39.5 Å². The second kappa shape index (κ2) is 9.44. The topological polar surface area (TPSA) is 103 Å². The molecule has 3 aromatic rings. The minimum Gasteiger partial charge on any atom is -0.465 e. The van der Waals surface area contributed by atoms with Crippen molar-refractivity contribution in [3.05, 3.63) is 58.7 Å². The number of H-pyrrole nitrogens is 1. The first kappa shape index (κ1) is 23.3. The Morgan fingerprint density at radius 2 is 1.75 bits per heavy atom. The molecule has 4 N–H and O–H groups in total. The van der Waals surface area contributed by atoms with E-state index in [0.29, 0.717) is 13.0 Å². The molecule has 0 aliphatic rings. The van der Waals surface area contributed by atoms with Crippen molar-refractivity contribution in [3.63, 3.8) is 0 Å². The molecule has 2 aromatic carbocycles. The molecule has 0 aliphatic heterocycles. The van der Waals surface area contributed by atoms with Crippen LogP contribution in [0.25, 0.3) is 22.2 Å². The van der Waals surface area contributed by atoms with Gasteiger partial charge in [-0.05, 0) is 75.1 Å². The molecule has 0 saturated carbocycles. The van der Waals surface area contributed by atoms with Crippen molar-refractivity contribution in [2.75, 3.05) is 20.4 Å². The number of nitrogens with one attached hydrogen (secondary N) is 3. The number of carbonyl (C=O) groups excluding carboxylic acids is 1. The van der Waals surface area contributed by atoms with Crippen LogP contribution in [-0.2, 0) is 21.4 Å². The van der Waals surface area contributed by atoms with Crippen LogP contribution in [0.4, 0.5) is 4.79 Å². The van der Waals surface area contributed by atoms with Gasteiger partial charge >= 0.3 is 6.09 Å². The molecule has 0 unspecified atom stereocenters. The summed E-state index contributed by atoms with van der Waals surface area (Å²) in [6.07, 6.45) is -0.525. The Bertz CT molecular complexity index is 1130. The van der Waals surface area contributed by atoms with Gasteiger partial charge in [0.2, 0.25) is 5.91 Å². The molecular weight excluding hydrogens is 406 g/mol. The maximum atomic E-state index is 12.7. The quantitative estimate of drug-likeness (QED) is 0.395. The average molecular weight is 438 g/mol. The molecule has 0 atom stereocenters. The van der Waals surface area contributed by atoms with E-state index < -0.39 is 11.5 Å². The highest BCUT2D eigenvalue weighted by atomic mass is 16.5. The lowest BCUT2D eigenvalue weighted by Crippen LogP contribution is -2.40. The van der Waals surface area contributed by atoms with Crippen LogP contribution in [0.5, 0.6) is 0 Å². The third kappa shape index (κ3) is 4.94. The van der Waals surface area contributed by atoms with E-state index in [4.69, 9.17) is 9.84 Å². The molecule has 0 bridgehead atoms. The first-order valence-corrected chi connectivity index (χ1v) is 10.6. The number of aryl methyl sites for hydroxylation is 2. The molecule has 0 spiro atoms. The fourth-order valence-corrected chi connectivity index (χ4v) is 4.05. The molecule has 7 nitrogen and oxygen atoms in total. The van der Waals surface area contributed by atoms with Crippen LogP contribution in [-0.4, -0.2) is 42.5 Å². The Morgan fingerprint density at radius 1 is 1.06 bits per heavy atom. The van der Waals surface area contributed by atoms with Crippen molar-refractivity contribution < 1.29 is 19.4 Å². The number of methoxy groups -OCH3 is 1. The minimum absolute atomic E-state index is 0.127. The molecular formula is C25H31N3O4. The Hall–Kier alpha value is -3.32. The highest BCUT2D eigenvalue weighted by Gasteiger charge is 2.30. The summed E-state index contributed by atoms with van der Waals surface area (Å²) < 4.78 is 4.98. The highest BCUT2D eigenvalue weighted by molar-refractivity contribution is 5.94. The maximum absolute atomic E-state index is 12.7. The molecule has 170 valence electrons. The predicted molar refractivity (Wildman–Crippen MR) is 126 cm³/mol. The van der Waals surface area contributed by atoms with E-state index in [1.54, 1.807) is 0 Å². The summed E-state index contributed by atoms with van der Waals surface area (Å²) in [5.74, 6) is -0.127. The lowest BCUT2D eigenvalue weighted by atomic mass is 9.83. The summed E-state index contributed by atoms with van der Waals surface area (Å²) in [6, 6.07) is 12.3. The molecule has 0 radical (unpaired) electrons. The number of aromatic amines is 1. The van der Waals surface area contributed by atoms with E-state index in [-0.39, 0.29) is 12.6 Å². The van der Waals surface area contributed by atoms with Crippen molar-refractivity contribution in [3.8, 4) is 11.3 Å². The van der Waals surface area contributed by atoms with Gasteiger partial charge in [0, 0.05) is 30.3 Å². The number of amides is 2. The van der Waals surface area contributed by atoms with Crippen LogP contribution in [0.1, 0.15) is 36.1 Å². The summed E-state index contributed by atoms with van der Waals surface area (Å²) in [4.78, 5) is 27.2. The van der Waals surface area contributed by atoms with Gasteiger partial charge in [-0.15, -0.1) is 0 Å². The summed E-state index contributed by atoms with van der Waals surface area (Å²) in [5.41, 5.74) is 6.42. The maximum Gasteiger partial charge on any atom is 0.404 e. The van der Waals surface area contributed by atoms with E-state index in [2.05, 4.69) is 47.7 Å². The van der Waals surface area contributed by atoms with Gasteiger partial charge in [0.25, 0.3) is 0 Å². The van der Waals surface area contributed by atoms with Crippen molar-refractivity contribution in [2.24, 2.45) is 0 Å². The monoisotopic (exact) mass is 437 g/mol. The molecule has 1 aromatic heterocycles. The predicted octanol–water partition coefficient (Wildman–Crippen LogP) is 4.26. The van der Waals surface area contributed by atoms with Gasteiger partial charge in [-0.3, -0.25) is 4.79 Å². The van der Waals surface area contributed by atoms with Crippen molar-refractivity contribution >= 4 is 22.9 Å². The second-order valence-corrected chi connectivity index (χ2v) is 8.66. The summed E-state index contributed by atoms with van der Waals surface area (Å²) in [5, 5.41) is 15.2. The van der Waals surface area contributed by atoms with E-state index in [9.17, 15) is 9.59 Å². The van der Waals surface area contributed by atoms with Crippen LogP contribution in [0.2, 0.25) is 0 Å². The molecule has 2 amide bonds. The Labute approximate surface area is 188 Å². The lowest BCUT2D eigenvalue weighted by Gasteiger charge is -2.24.